The van der Waals surface area contributed by atoms with E-state index in [1.54, 1.807) is 24.3 Å². The lowest BCUT2D eigenvalue weighted by Crippen LogP contribution is -2.21. The molecule has 0 radical (unpaired) electrons. The highest BCUT2D eigenvalue weighted by atomic mass is 35.5. The lowest BCUT2D eigenvalue weighted by Gasteiger charge is -2.02. The molecular formula is C13H15Cl2NO. The number of halogens is 2. The van der Waals surface area contributed by atoms with Crippen molar-refractivity contribution in [1.82, 2.24) is 5.32 Å². The molecule has 1 aromatic rings. The summed E-state index contributed by atoms with van der Waals surface area (Å²) in [5.41, 5.74) is 0.668. The fourth-order valence-electron chi connectivity index (χ4n) is 1.28. The van der Waals surface area contributed by atoms with Crippen LogP contribution in [-0.2, 0) is 4.79 Å². The van der Waals surface area contributed by atoms with E-state index in [1.807, 2.05) is 0 Å². The molecule has 1 aromatic carbocycles. The molecule has 0 aliphatic carbocycles. The third kappa shape index (κ3) is 4.80. The van der Waals surface area contributed by atoms with Crippen molar-refractivity contribution in [3.63, 3.8) is 0 Å². The van der Waals surface area contributed by atoms with Crippen LogP contribution in [0.3, 0.4) is 0 Å². The molecule has 1 rings (SSSR count). The molecule has 17 heavy (non-hydrogen) atoms. The smallest absolute Gasteiger partial charge is 0.244 e. The molecule has 1 amide bonds. The third-order valence-electron chi connectivity index (χ3n) is 2.23. The molecular weight excluding hydrogens is 257 g/mol. The van der Waals surface area contributed by atoms with E-state index in [0.717, 1.165) is 12.8 Å². The monoisotopic (exact) mass is 271 g/mol. The van der Waals surface area contributed by atoms with Crippen molar-refractivity contribution in [2.24, 2.45) is 0 Å². The summed E-state index contributed by atoms with van der Waals surface area (Å²) in [6.45, 7) is 2.77. The SMILES string of the molecule is CCCCNC(=O)C=Cc1c(Cl)cccc1Cl. The van der Waals surface area contributed by atoms with Crippen LogP contribution in [0.25, 0.3) is 6.08 Å². The van der Waals surface area contributed by atoms with Gasteiger partial charge in [0.25, 0.3) is 0 Å². The lowest BCUT2D eigenvalue weighted by molar-refractivity contribution is -0.116. The minimum Gasteiger partial charge on any atom is -0.353 e. The molecule has 0 aliphatic rings. The van der Waals surface area contributed by atoms with Crippen molar-refractivity contribution >= 4 is 35.2 Å². The summed E-state index contributed by atoms with van der Waals surface area (Å²) in [6.07, 6.45) is 5.11. The quantitative estimate of drug-likeness (QED) is 0.638. The zero-order valence-corrected chi connectivity index (χ0v) is 11.2. The predicted octanol–water partition coefficient (Wildman–Crippen LogP) is 3.92. The predicted molar refractivity (Wildman–Crippen MR) is 73.4 cm³/mol. The van der Waals surface area contributed by atoms with Crippen molar-refractivity contribution in [1.29, 1.82) is 0 Å². The number of nitrogens with one attached hydrogen (secondary N) is 1. The van der Waals surface area contributed by atoms with Crippen LogP contribution in [0.2, 0.25) is 10.0 Å². The summed E-state index contributed by atoms with van der Waals surface area (Å²) in [6, 6.07) is 5.24. The number of carbonyl (C=O) groups excluding carboxylic acids is 1. The van der Waals surface area contributed by atoms with Gasteiger partial charge in [-0.05, 0) is 24.6 Å². The molecule has 92 valence electrons. The molecule has 0 fully saturated rings. The van der Waals surface area contributed by atoms with Gasteiger partial charge in [0.15, 0.2) is 0 Å². The molecule has 0 heterocycles. The number of unbranched alkanes of at least 4 members (excludes halogenated alkanes) is 1. The van der Waals surface area contributed by atoms with Gasteiger partial charge in [-0.3, -0.25) is 4.79 Å². The van der Waals surface area contributed by atoms with Gasteiger partial charge in [-0.1, -0.05) is 42.6 Å². The maximum Gasteiger partial charge on any atom is 0.244 e. The second-order valence-corrected chi connectivity index (χ2v) is 4.43. The van der Waals surface area contributed by atoms with E-state index in [-0.39, 0.29) is 5.91 Å². The Kier molecular flexibility index (Phi) is 6.09. The standard InChI is InChI=1S/C13H15Cl2NO/c1-2-3-9-16-13(17)8-7-10-11(14)5-4-6-12(10)15/h4-8H,2-3,9H2,1H3,(H,16,17). The van der Waals surface area contributed by atoms with E-state index in [9.17, 15) is 4.79 Å². The van der Waals surface area contributed by atoms with E-state index in [0.29, 0.717) is 22.2 Å². The number of rotatable bonds is 5. The highest BCUT2D eigenvalue weighted by Crippen LogP contribution is 2.25. The van der Waals surface area contributed by atoms with Crippen LogP contribution < -0.4 is 5.32 Å². The van der Waals surface area contributed by atoms with Crippen molar-refractivity contribution in [3.05, 3.63) is 39.9 Å². The van der Waals surface area contributed by atoms with E-state index in [2.05, 4.69) is 12.2 Å². The molecule has 2 nitrogen and oxygen atoms in total. The average molecular weight is 272 g/mol. The highest BCUT2D eigenvalue weighted by molar-refractivity contribution is 6.37. The summed E-state index contributed by atoms with van der Waals surface area (Å²) >= 11 is 11.9. The average Bonchev–Trinajstić information content (AvgIpc) is 2.29. The van der Waals surface area contributed by atoms with Gasteiger partial charge in [0.1, 0.15) is 0 Å². The molecule has 0 atom stereocenters. The van der Waals surface area contributed by atoms with Gasteiger partial charge in [-0.25, -0.2) is 0 Å². The minimum absolute atomic E-state index is 0.130. The van der Waals surface area contributed by atoms with Gasteiger partial charge in [0.05, 0.1) is 0 Å². The van der Waals surface area contributed by atoms with Crippen LogP contribution in [0.1, 0.15) is 25.3 Å². The highest BCUT2D eigenvalue weighted by Gasteiger charge is 2.02. The zero-order chi connectivity index (χ0) is 12.7. The summed E-state index contributed by atoms with van der Waals surface area (Å²) in [7, 11) is 0. The van der Waals surface area contributed by atoms with Gasteiger partial charge in [0, 0.05) is 28.2 Å². The first-order chi connectivity index (χ1) is 8.15. The fraction of sp³-hybridized carbons (Fsp3) is 0.308. The summed E-state index contributed by atoms with van der Waals surface area (Å²) < 4.78 is 0. The molecule has 4 heteroatoms. The number of hydrogen-bond acceptors (Lipinski definition) is 1. The Labute approximate surface area is 112 Å². The molecule has 0 saturated carbocycles. The van der Waals surface area contributed by atoms with Crippen LogP contribution in [0.5, 0.6) is 0 Å². The second kappa shape index (κ2) is 7.36. The van der Waals surface area contributed by atoms with E-state index >= 15 is 0 Å². The van der Waals surface area contributed by atoms with Gasteiger partial charge in [-0.2, -0.15) is 0 Å². The Bertz CT molecular complexity index is 396. The van der Waals surface area contributed by atoms with Crippen LogP contribution in [0, 0.1) is 0 Å². The number of hydrogen-bond donors (Lipinski definition) is 1. The molecule has 0 aromatic heterocycles. The second-order valence-electron chi connectivity index (χ2n) is 3.61. The van der Waals surface area contributed by atoms with Crippen molar-refractivity contribution < 1.29 is 4.79 Å². The Morgan fingerprint density at radius 2 is 2.00 bits per heavy atom. The normalized spacial score (nSPS) is 10.8. The first kappa shape index (κ1) is 14.1. The van der Waals surface area contributed by atoms with Crippen LogP contribution in [0.4, 0.5) is 0 Å². The molecule has 0 spiro atoms. The Morgan fingerprint density at radius 3 is 2.59 bits per heavy atom. The van der Waals surface area contributed by atoms with E-state index in [1.165, 1.54) is 6.08 Å². The Morgan fingerprint density at radius 1 is 1.35 bits per heavy atom. The molecule has 0 aliphatic heterocycles. The van der Waals surface area contributed by atoms with Gasteiger partial charge in [-0.15, -0.1) is 0 Å². The number of carbonyl (C=O) groups is 1. The molecule has 1 N–H and O–H groups in total. The topological polar surface area (TPSA) is 29.1 Å². The molecule has 0 saturated heterocycles. The van der Waals surface area contributed by atoms with Crippen LogP contribution in [0.15, 0.2) is 24.3 Å². The zero-order valence-electron chi connectivity index (χ0n) is 9.67. The third-order valence-corrected chi connectivity index (χ3v) is 2.89. The molecule has 0 bridgehead atoms. The van der Waals surface area contributed by atoms with Crippen LogP contribution >= 0.6 is 23.2 Å². The number of amides is 1. The summed E-state index contributed by atoms with van der Waals surface area (Å²) in [5, 5.41) is 3.86. The first-order valence-electron chi connectivity index (χ1n) is 5.55. The van der Waals surface area contributed by atoms with Crippen molar-refractivity contribution in [2.75, 3.05) is 6.54 Å². The van der Waals surface area contributed by atoms with E-state index in [4.69, 9.17) is 23.2 Å². The van der Waals surface area contributed by atoms with Gasteiger partial charge >= 0.3 is 0 Å². The lowest BCUT2D eigenvalue weighted by atomic mass is 10.2. The maximum atomic E-state index is 11.4. The Hall–Kier alpha value is -0.990. The van der Waals surface area contributed by atoms with E-state index < -0.39 is 0 Å². The number of benzene rings is 1. The van der Waals surface area contributed by atoms with Crippen LogP contribution in [-0.4, -0.2) is 12.5 Å². The fourth-order valence-corrected chi connectivity index (χ4v) is 1.80. The summed E-state index contributed by atoms with van der Waals surface area (Å²) in [5.74, 6) is -0.130. The van der Waals surface area contributed by atoms with Gasteiger partial charge < -0.3 is 5.32 Å². The summed E-state index contributed by atoms with van der Waals surface area (Å²) in [4.78, 5) is 11.4. The van der Waals surface area contributed by atoms with Gasteiger partial charge in [0.2, 0.25) is 5.91 Å². The molecule has 0 unspecified atom stereocenters. The largest absolute Gasteiger partial charge is 0.353 e. The Balaban J connectivity index is 2.61. The first-order valence-corrected chi connectivity index (χ1v) is 6.30. The minimum atomic E-state index is -0.130. The van der Waals surface area contributed by atoms with Crippen molar-refractivity contribution in [3.8, 4) is 0 Å². The maximum absolute atomic E-state index is 11.4. The van der Waals surface area contributed by atoms with Crippen molar-refractivity contribution in [2.45, 2.75) is 19.8 Å².